The molecule has 1 fully saturated rings. The summed E-state index contributed by atoms with van der Waals surface area (Å²) >= 11 is 0. The Morgan fingerprint density at radius 3 is 2.77 bits per heavy atom. The van der Waals surface area contributed by atoms with Gasteiger partial charge in [0.25, 0.3) is 0 Å². The smallest absolute Gasteiger partial charge is 0.494 e. The molecule has 0 spiro atoms. The molecule has 0 amide bonds. The van der Waals surface area contributed by atoms with Gasteiger partial charge in [0.2, 0.25) is 0 Å². The molecule has 3 aliphatic heterocycles. The van der Waals surface area contributed by atoms with Gasteiger partial charge in [-0.25, -0.2) is 0 Å². The van der Waals surface area contributed by atoms with Crippen molar-refractivity contribution in [3.05, 3.63) is 43.2 Å². The largest absolute Gasteiger partial charge is 1.00 e. The molecule has 1 radical (unpaired) electrons. The van der Waals surface area contributed by atoms with Gasteiger partial charge in [-0.15, -0.1) is 0 Å². The van der Waals surface area contributed by atoms with Crippen LogP contribution in [0.5, 0.6) is 5.75 Å². The third kappa shape index (κ3) is 4.10. The van der Waals surface area contributed by atoms with Crippen molar-refractivity contribution in [2.24, 2.45) is 0 Å². The van der Waals surface area contributed by atoms with Crippen molar-refractivity contribution < 1.29 is 91.5 Å². The van der Waals surface area contributed by atoms with Crippen LogP contribution in [0.25, 0.3) is 0 Å². The van der Waals surface area contributed by atoms with Crippen molar-refractivity contribution in [2.45, 2.75) is 30.8 Å². The van der Waals surface area contributed by atoms with Crippen molar-refractivity contribution in [1.29, 1.82) is 0 Å². The Kier molecular flexibility index (Phi) is 7.91. The van der Waals surface area contributed by atoms with E-state index in [4.69, 9.17) is 9.47 Å². The number of benzene rings is 1. The van der Waals surface area contributed by atoms with Crippen molar-refractivity contribution in [3.63, 3.8) is 0 Å². The second-order valence-electron chi connectivity index (χ2n) is 5.15. The Morgan fingerprint density at radius 2 is 2.14 bits per heavy atom. The number of hydrogen-bond donors (Lipinski definition) is 0. The molecule has 2 bridgehead atoms. The molecule has 1 aromatic carbocycles. The zero-order valence-electron chi connectivity index (χ0n) is 13.0. The minimum Gasteiger partial charge on any atom is -0.494 e. The van der Waals surface area contributed by atoms with E-state index < -0.39 is 11.7 Å². The van der Waals surface area contributed by atoms with E-state index >= 15 is 0 Å². The zero-order chi connectivity index (χ0) is 14.3. The van der Waals surface area contributed by atoms with Gasteiger partial charge in [0.05, 0.1) is 18.3 Å². The number of alkyl halides is 3. The van der Waals surface area contributed by atoms with Gasteiger partial charge in [0, 0.05) is 0 Å². The molecule has 3 unspecified atom stereocenters. The SMILES string of the molecule is C[CH-]COC1C2[B]C1c1ccc(C(F)(F)F)cc1OC2.[CH3-].[Cs+]. The molecule has 4 rings (SSSR count). The van der Waals surface area contributed by atoms with Gasteiger partial charge in [0.1, 0.15) is 13.0 Å². The minimum atomic E-state index is -4.34. The first kappa shape index (κ1) is 20.9. The minimum absolute atomic E-state index is 0. The standard InChI is InChI=1S/C14H14BF3O2.CH3.Cs/c1-2-5-19-13-10-7-20-11-6-8(14(16,17)18)3-4-9(11)12(13)15-10;;/h2-4,6,10,12-13H,5,7H2,1H3;1H3;/q2*-1;+1. The number of halogens is 3. The molecule has 3 heterocycles. The first-order valence-electron chi connectivity index (χ1n) is 6.59. The predicted octanol–water partition coefficient (Wildman–Crippen LogP) is 0.709. The molecule has 1 aromatic rings. The van der Waals surface area contributed by atoms with Gasteiger partial charge in [-0.1, -0.05) is 12.7 Å². The number of ether oxygens (including phenoxy) is 2. The topological polar surface area (TPSA) is 18.5 Å². The van der Waals surface area contributed by atoms with Crippen molar-refractivity contribution in [2.75, 3.05) is 13.2 Å². The molecule has 0 aromatic heterocycles. The van der Waals surface area contributed by atoms with Gasteiger partial charge in [-0.3, -0.25) is 0 Å². The van der Waals surface area contributed by atoms with Crippen LogP contribution in [0.4, 0.5) is 13.2 Å². The van der Waals surface area contributed by atoms with Crippen molar-refractivity contribution >= 4 is 7.28 Å². The Balaban J connectivity index is 0.00000121. The number of fused-ring (bicyclic) bond motifs is 1. The van der Waals surface area contributed by atoms with Crippen molar-refractivity contribution in [3.8, 4) is 5.75 Å². The fourth-order valence-electron chi connectivity index (χ4n) is 2.77. The third-order valence-corrected chi connectivity index (χ3v) is 3.82. The summed E-state index contributed by atoms with van der Waals surface area (Å²) < 4.78 is 49.4. The van der Waals surface area contributed by atoms with E-state index in [1.54, 1.807) is 0 Å². The second kappa shape index (κ2) is 8.32. The van der Waals surface area contributed by atoms with Crippen LogP contribution in [0.15, 0.2) is 18.2 Å². The van der Waals surface area contributed by atoms with Gasteiger partial charge >= 0.3 is 75.1 Å². The summed E-state index contributed by atoms with van der Waals surface area (Å²) in [6, 6.07) is 3.71. The van der Waals surface area contributed by atoms with Crippen LogP contribution in [0.3, 0.4) is 0 Å². The van der Waals surface area contributed by atoms with Crippen molar-refractivity contribution in [1.82, 2.24) is 0 Å². The fraction of sp³-hybridized carbons (Fsp3) is 0.467. The van der Waals surface area contributed by atoms with Crippen LogP contribution >= 0.6 is 0 Å². The van der Waals surface area contributed by atoms with E-state index in [-0.39, 0.29) is 94.1 Å². The molecule has 0 aliphatic carbocycles. The molecule has 0 saturated carbocycles. The summed E-state index contributed by atoms with van der Waals surface area (Å²) in [5.74, 6) is 0.511. The Bertz CT molecular complexity index is 510. The summed E-state index contributed by atoms with van der Waals surface area (Å²) in [6.45, 7) is 2.83. The van der Waals surface area contributed by atoms with Crippen LogP contribution in [0, 0.1) is 13.8 Å². The van der Waals surface area contributed by atoms with Crippen LogP contribution in [0.1, 0.15) is 23.9 Å². The summed E-state index contributed by atoms with van der Waals surface area (Å²) in [5, 5.41) is 0. The van der Waals surface area contributed by atoms with Gasteiger partial charge in [0.15, 0.2) is 0 Å². The number of rotatable bonds is 3. The summed E-state index contributed by atoms with van der Waals surface area (Å²) in [5.41, 5.74) is 0.113. The molecule has 1 saturated heterocycles. The zero-order valence-corrected chi connectivity index (χ0v) is 19.3. The Labute approximate surface area is 189 Å². The summed E-state index contributed by atoms with van der Waals surface area (Å²) in [7, 11) is 2.10. The van der Waals surface area contributed by atoms with Gasteiger partial charge in [-0.05, 0) is 29.3 Å². The number of hydrogen-bond acceptors (Lipinski definition) is 2. The summed E-state index contributed by atoms with van der Waals surface area (Å²) in [4.78, 5) is 0. The molecule has 3 atom stereocenters. The van der Waals surface area contributed by atoms with E-state index in [9.17, 15) is 13.2 Å². The van der Waals surface area contributed by atoms with Crippen LogP contribution in [0.2, 0.25) is 5.82 Å². The van der Waals surface area contributed by atoms with E-state index in [0.717, 1.165) is 17.7 Å². The average molecular weight is 430 g/mol. The second-order valence-corrected chi connectivity index (χ2v) is 5.15. The Hall–Kier alpha value is 0.887. The van der Waals surface area contributed by atoms with E-state index in [1.807, 2.05) is 13.3 Å². The average Bonchev–Trinajstić information content (AvgIpc) is 2.64. The van der Waals surface area contributed by atoms with Gasteiger partial charge < -0.3 is 23.3 Å². The monoisotopic (exact) mass is 430 g/mol. The maximum absolute atomic E-state index is 12.7. The maximum Gasteiger partial charge on any atom is 1.00 e. The quantitative estimate of drug-likeness (QED) is 0.520. The van der Waals surface area contributed by atoms with Crippen LogP contribution < -0.4 is 73.6 Å². The third-order valence-electron chi connectivity index (χ3n) is 3.82. The van der Waals surface area contributed by atoms with Gasteiger partial charge in [-0.2, -0.15) is 20.1 Å². The fourth-order valence-corrected chi connectivity index (χ4v) is 2.77. The first-order chi connectivity index (χ1) is 9.50. The summed E-state index contributed by atoms with van der Waals surface area (Å²) in [6.07, 6.45) is -2.42. The molecule has 2 nitrogen and oxygen atoms in total. The van der Waals surface area contributed by atoms with E-state index in [0.29, 0.717) is 19.0 Å². The molecular formula is C15H17BCsF3O2-. The molecule has 115 valence electrons. The molecule has 22 heavy (non-hydrogen) atoms. The molecule has 3 aliphatic rings. The van der Waals surface area contributed by atoms with Crippen LogP contribution in [-0.2, 0) is 10.9 Å². The molecule has 0 N–H and O–H groups in total. The predicted molar refractivity (Wildman–Crippen MR) is 75.3 cm³/mol. The normalized spacial score (nSPS) is 25.2. The Morgan fingerprint density at radius 1 is 1.41 bits per heavy atom. The van der Waals surface area contributed by atoms with E-state index in [1.165, 1.54) is 6.07 Å². The first-order valence-corrected chi connectivity index (χ1v) is 6.59. The van der Waals surface area contributed by atoms with Crippen LogP contribution in [-0.4, -0.2) is 26.6 Å². The van der Waals surface area contributed by atoms with E-state index in [2.05, 4.69) is 7.28 Å². The molecular weight excluding hydrogens is 413 g/mol. The molecule has 7 heteroatoms. The maximum atomic E-state index is 12.7.